The first-order valence-corrected chi connectivity index (χ1v) is 1.84. The molecule has 0 bridgehead atoms. The van der Waals surface area contributed by atoms with Crippen molar-refractivity contribution in [3.63, 3.8) is 0 Å². The first kappa shape index (κ1) is 3.68. The molecule has 0 aromatic carbocycles. The zero-order valence-electron chi connectivity index (χ0n) is 3.64. The summed E-state index contributed by atoms with van der Waals surface area (Å²) in [5.74, 6) is 0. The smallest absolute Gasteiger partial charge is 0.0954 e. The Morgan fingerprint density at radius 1 is 2.00 bits per heavy atom. The first-order valence-electron chi connectivity index (χ1n) is 1.84. The maximum atomic E-state index is 4.82. The minimum Gasteiger partial charge on any atom is -0.269 e. The quantitative estimate of drug-likeness (QED) is 0.415. The van der Waals surface area contributed by atoms with E-state index in [0.29, 0.717) is 6.61 Å². The van der Waals surface area contributed by atoms with Gasteiger partial charge in [0.1, 0.15) is 0 Å². The van der Waals surface area contributed by atoms with E-state index in [1.807, 2.05) is 13.1 Å². The molecule has 0 fully saturated rings. The van der Waals surface area contributed by atoms with Crippen LogP contribution in [0.1, 0.15) is 0 Å². The summed E-state index contributed by atoms with van der Waals surface area (Å²) in [7, 11) is 1.81. The highest BCUT2D eigenvalue weighted by Gasteiger charge is 1.94. The van der Waals surface area contributed by atoms with Gasteiger partial charge >= 0.3 is 0 Å². The molecule has 0 aromatic heterocycles. The molecular weight excluding hydrogens is 78.0 g/mol. The molecule has 1 aliphatic rings. The van der Waals surface area contributed by atoms with Gasteiger partial charge in [0, 0.05) is 7.05 Å². The molecule has 0 aliphatic carbocycles. The van der Waals surface area contributed by atoms with Crippen LogP contribution in [-0.4, -0.2) is 18.7 Å². The molecule has 0 N–H and O–H groups in total. The average molecular weight is 84.1 g/mol. The van der Waals surface area contributed by atoms with E-state index in [1.165, 1.54) is 0 Å². The predicted molar refractivity (Wildman–Crippen MR) is 21.5 cm³/mol. The Morgan fingerprint density at radius 2 is 2.83 bits per heavy atom. The van der Waals surface area contributed by atoms with Crippen LogP contribution in [0.3, 0.4) is 0 Å². The van der Waals surface area contributed by atoms with Crippen molar-refractivity contribution in [1.29, 1.82) is 0 Å². The lowest BCUT2D eigenvalue weighted by Gasteiger charge is -2.01. The van der Waals surface area contributed by atoms with Gasteiger partial charge in [0.15, 0.2) is 0 Å². The largest absolute Gasteiger partial charge is 0.269 e. The van der Waals surface area contributed by atoms with Gasteiger partial charge in [0.25, 0.3) is 0 Å². The third-order valence-electron chi connectivity index (χ3n) is 0.625. The van der Waals surface area contributed by atoms with Crippen LogP contribution in [0.25, 0.3) is 0 Å². The highest BCUT2D eigenvalue weighted by molar-refractivity contribution is 4.73. The van der Waals surface area contributed by atoms with Crippen molar-refractivity contribution in [3.8, 4) is 0 Å². The Labute approximate surface area is 37.0 Å². The highest BCUT2D eigenvalue weighted by Crippen LogP contribution is 1.92. The second-order valence-corrected chi connectivity index (χ2v) is 1.13. The second kappa shape index (κ2) is 1.30. The molecule has 33 valence electrons. The van der Waals surface area contributed by atoms with Crippen LogP contribution in [0.15, 0.2) is 6.08 Å². The molecule has 0 saturated heterocycles. The molecule has 2 nitrogen and oxygen atoms in total. The Hall–Kier alpha value is -0.500. The summed E-state index contributed by atoms with van der Waals surface area (Å²) < 4.78 is 0. The monoisotopic (exact) mass is 84.0 g/mol. The van der Waals surface area contributed by atoms with Crippen molar-refractivity contribution >= 4 is 0 Å². The summed E-state index contributed by atoms with van der Waals surface area (Å²) in [6.45, 7) is 0.677. The van der Waals surface area contributed by atoms with Gasteiger partial charge in [-0.25, -0.2) is 0 Å². The van der Waals surface area contributed by atoms with Crippen molar-refractivity contribution in [2.24, 2.45) is 0 Å². The van der Waals surface area contributed by atoms with Crippen LogP contribution in [0.2, 0.25) is 0 Å². The van der Waals surface area contributed by atoms with E-state index >= 15 is 0 Å². The molecule has 1 rings (SSSR count). The van der Waals surface area contributed by atoms with Crippen molar-refractivity contribution in [3.05, 3.63) is 12.3 Å². The molecule has 1 radical (unpaired) electrons. The van der Waals surface area contributed by atoms with E-state index in [0.717, 1.165) is 0 Å². The van der Waals surface area contributed by atoms with Crippen LogP contribution in [-0.2, 0) is 4.84 Å². The molecule has 1 heterocycles. The van der Waals surface area contributed by atoms with E-state index < -0.39 is 0 Å². The minimum atomic E-state index is 0.677. The van der Waals surface area contributed by atoms with E-state index in [1.54, 1.807) is 5.06 Å². The van der Waals surface area contributed by atoms with Crippen molar-refractivity contribution in [1.82, 2.24) is 5.06 Å². The molecule has 0 spiro atoms. The summed E-state index contributed by atoms with van der Waals surface area (Å²) in [6, 6.07) is 0. The molecule has 2 heteroatoms. The molecule has 0 atom stereocenters. The van der Waals surface area contributed by atoms with Crippen molar-refractivity contribution < 1.29 is 4.84 Å². The summed E-state index contributed by atoms with van der Waals surface area (Å²) in [4.78, 5) is 4.82. The van der Waals surface area contributed by atoms with Crippen molar-refractivity contribution in [2.45, 2.75) is 0 Å². The third kappa shape index (κ3) is 0.518. The van der Waals surface area contributed by atoms with Gasteiger partial charge in [-0.15, -0.1) is 0 Å². The Kier molecular flexibility index (Phi) is 0.801. The summed E-state index contributed by atoms with van der Waals surface area (Å²) in [5, 5.41) is 1.56. The van der Waals surface area contributed by atoms with Gasteiger partial charge in [-0.3, -0.25) is 9.90 Å². The molecular formula is C4H6NO. The molecule has 0 unspecified atom stereocenters. The van der Waals surface area contributed by atoms with E-state index in [4.69, 9.17) is 4.84 Å². The van der Waals surface area contributed by atoms with Gasteiger partial charge < -0.3 is 0 Å². The minimum absolute atomic E-state index is 0.677. The fourth-order valence-corrected chi connectivity index (χ4v) is 0.352. The third-order valence-corrected chi connectivity index (χ3v) is 0.625. The topological polar surface area (TPSA) is 12.5 Å². The lowest BCUT2D eigenvalue weighted by atomic mass is 10.7. The molecule has 0 amide bonds. The number of hydrogen-bond donors (Lipinski definition) is 0. The first-order chi connectivity index (χ1) is 2.89. The average Bonchev–Trinajstić information content (AvgIpc) is 1.86. The fraction of sp³-hybridized carbons (Fsp3) is 0.500. The van der Waals surface area contributed by atoms with E-state index in [-0.39, 0.29) is 0 Å². The standard InChI is InChI=1S/C4H6NO/c1-5-3-2-4-6-5/h2H,4H2,1H3. The summed E-state index contributed by atoms with van der Waals surface area (Å²) in [5.41, 5.74) is 0. The van der Waals surface area contributed by atoms with Crippen LogP contribution < -0.4 is 0 Å². The Balaban J connectivity index is 2.38. The normalized spacial score (nSPS) is 19.8. The zero-order valence-corrected chi connectivity index (χ0v) is 3.64. The van der Waals surface area contributed by atoms with Gasteiger partial charge in [-0.1, -0.05) is 0 Å². The van der Waals surface area contributed by atoms with Gasteiger partial charge in [-0.2, -0.15) is 0 Å². The van der Waals surface area contributed by atoms with Gasteiger partial charge in [0.05, 0.1) is 12.8 Å². The number of hydrogen-bond acceptors (Lipinski definition) is 2. The molecule has 0 aromatic rings. The molecule has 6 heavy (non-hydrogen) atoms. The lowest BCUT2D eigenvalue weighted by molar-refractivity contribution is -0.0737. The summed E-state index contributed by atoms with van der Waals surface area (Å²) in [6.07, 6.45) is 4.64. The van der Waals surface area contributed by atoms with E-state index in [2.05, 4.69) is 6.20 Å². The highest BCUT2D eigenvalue weighted by atomic mass is 16.7. The van der Waals surface area contributed by atoms with Crippen LogP contribution in [0.5, 0.6) is 0 Å². The molecule has 1 aliphatic heterocycles. The maximum absolute atomic E-state index is 4.82. The van der Waals surface area contributed by atoms with E-state index in [9.17, 15) is 0 Å². The maximum Gasteiger partial charge on any atom is 0.0954 e. The SMILES string of the molecule is CN1[C]=CCO1. The number of nitrogens with zero attached hydrogens (tertiary/aromatic N) is 1. The van der Waals surface area contributed by atoms with Crippen LogP contribution in [0, 0.1) is 6.20 Å². The van der Waals surface area contributed by atoms with Crippen molar-refractivity contribution in [2.75, 3.05) is 13.7 Å². The van der Waals surface area contributed by atoms with Crippen LogP contribution >= 0.6 is 0 Å². The number of hydroxylamine groups is 2. The van der Waals surface area contributed by atoms with Gasteiger partial charge in [-0.05, 0) is 6.08 Å². The Morgan fingerprint density at radius 3 is 3.00 bits per heavy atom. The second-order valence-electron chi connectivity index (χ2n) is 1.13. The predicted octanol–water partition coefficient (Wildman–Crippen LogP) is 0.180. The Bertz CT molecular complexity index is 69.9. The fourth-order valence-electron chi connectivity index (χ4n) is 0.352. The zero-order chi connectivity index (χ0) is 4.41. The summed E-state index contributed by atoms with van der Waals surface area (Å²) >= 11 is 0. The molecule has 0 saturated carbocycles. The van der Waals surface area contributed by atoms with Crippen LogP contribution in [0.4, 0.5) is 0 Å². The number of rotatable bonds is 0. The lowest BCUT2D eigenvalue weighted by Crippen LogP contribution is -2.04. The van der Waals surface area contributed by atoms with Gasteiger partial charge in [0.2, 0.25) is 0 Å².